The van der Waals surface area contributed by atoms with Gasteiger partial charge in [0.25, 0.3) is 0 Å². The van der Waals surface area contributed by atoms with Crippen molar-refractivity contribution in [2.24, 2.45) is 0 Å². The summed E-state index contributed by atoms with van der Waals surface area (Å²) in [5.41, 5.74) is 0.899. The van der Waals surface area contributed by atoms with Crippen LogP contribution in [0.2, 0.25) is 0 Å². The summed E-state index contributed by atoms with van der Waals surface area (Å²) in [7, 11) is 1.24. The average molecular weight is 368 g/mol. The van der Waals surface area contributed by atoms with Crippen LogP contribution in [0.1, 0.15) is 29.3 Å². The van der Waals surface area contributed by atoms with Gasteiger partial charge < -0.3 is 18.9 Å². The summed E-state index contributed by atoms with van der Waals surface area (Å²) in [6.07, 6.45) is 2.34. The summed E-state index contributed by atoms with van der Waals surface area (Å²) in [6.45, 7) is 2.70. The molecular formula is C21H20O6. The molecule has 0 spiro atoms. The van der Waals surface area contributed by atoms with Gasteiger partial charge in [-0.1, -0.05) is 25.1 Å². The largest absolute Gasteiger partial charge is 0.494 e. The molecule has 0 amide bonds. The average Bonchev–Trinajstić information content (AvgIpc) is 3.17. The minimum absolute atomic E-state index is 0.0796. The van der Waals surface area contributed by atoms with E-state index in [0.29, 0.717) is 35.0 Å². The summed E-state index contributed by atoms with van der Waals surface area (Å²) in [5, 5.41) is 0. The molecule has 0 atom stereocenters. The number of ether oxygens (including phenoxy) is 4. The van der Waals surface area contributed by atoms with Gasteiger partial charge in [0.15, 0.2) is 17.3 Å². The van der Waals surface area contributed by atoms with E-state index in [9.17, 15) is 9.59 Å². The first-order chi connectivity index (χ1) is 13.1. The monoisotopic (exact) mass is 368 g/mol. The molecule has 6 heteroatoms. The van der Waals surface area contributed by atoms with Gasteiger partial charge in [0.1, 0.15) is 11.3 Å². The molecule has 2 aromatic rings. The number of hydrogen-bond donors (Lipinski definition) is 0. The van der Waals surface area contributed by atoms with Crippen molar-refractivity contribution in [3.8, 4) is 17.2 Å². The number of Topliss-reactive ketones (excluding diaryl/α,β-unsaturated/α-hetero) is 1. The zero-order chi connectivity index (χ0) is 19.2. The topological polar surface area (TPSA) is 71.1 Å². The van der Waals surface area contributed by atoms with Gasteiger partial charge in [0, 0.05) is 5.56 Å². The van der Waals surface area contributed by atoms with Crippen molar-refractivity contribution in [3.63, 3.8) is 0 Å². The van der Waals surface area contributed by atoms with E-state index in [1.165, 1.54) is 13.2 Å². The molecule has 0 saturated heterocycles. The van der Waals surface area contributed by atoms with E-state index >= 15 is 0 Å². The number of rotatable bonds is 7. The SMILES string of the molecule is CCCOc1cccc(C(=O)/C(=C/c2ccc3c(c2)OCO3)C(=O)OC)c1. The van der Waals surface area contributed by atoms with Crippen LogP contribution < -0.4 is 14.2 Å². The lowest BCUT2D eigenvalue weighted by atomic mass is 10.0. The molecule has 0 aromatic heterocycles. The quantitative estimate of drug-likeness (QED) is 0.244. The molecular weight excluding hydrogens is 348 g/mol. The third-order valence-corrected chi connectivity index (χ3v) is 3.93. The normalized spacial score (nSPS) is 12.6. The number of esters is 1. The number of hydrogen-bond acceptors (Lipinski definition) is 6. The van der Waals surface area contributed by atoms with Crippen LogP contribution in [0, 0.1) is 0 Å². The molecule has 0 fully saturated rings. The van der Waals surface area contributed by atoms with Crippen LogP contribution in [0.25, 0.3) is 6.08 Å². The second-order valence-corrected chi connectivity index (χ2v) is 5.87. The molecule has 0 radical (unpaired) electrons. The van der Waals surface area contributed by atoms with Gasteiger partial charge in [-0.05, 0) is 42.3 Å². The Morgan fingerprint density at radius 1 is 1.11 bits per heavy atom. The molecule has 1 aliphatic rings. The lowest BCUT2D eigenvalue weighted by Crippen LogP contribution is -2.15. The first-order valence-corrected chi connectivity index (χ1v) is 8.59. The van der Waals surface area contributed by atoms with Gasteiger partial charge in [0.2, 0.25) is 6.79 Å². The molecule has 0 aliphatic carbocycles. The Labute approximate surface area is 157 Å². The fourth-order valence-electron chi connectivity index (χ4n) is 2.60. The predicted molar refractivity (Wildman–Crippen MR) is 99.1 cm³/mol. The van der Waals surface area contributed by atoms with Crippen molar-refractivity contribution in [1.82, 2.24) is 0 Å². The van der Waals surface area contributed by atoms with Crippen LogP contribution in [0.5, 0.6) is 17.2 Å². The Balaban J connectivity index is 1.93. The molecule has 2 aromatic carbocycles. The third kappa shape index (κ3) is 4.28. The van der Waals surface area contributed by atoms with E-state index in [1.807, 2.05) is 6.92 Å². The smallest absolute Gasteiger partial charge is 0.341 e. The number of carbonyl (C=O) groups is 2. The number of carbonyl (C=O) groups excluding carboxylic acids is 2. The molecule has 0 unspecified atom stereocenters. The van der Waals surface area contributed by atoms with E-state index in [1.54, 1.807) is 42.5 Å². The van der Waals surface area contributed by atoms with E-state index in [-0.39, 0.29) is 12.4 Å². The van der Waals surface area contributed by atoms with E-state index in [0.717, 1.165) is 6.42 Å². The molecule has 1 aliphatic heterocycles. The zero-order valence-electron chi connectivity index (χ0n) is 15.2. The van der Waals surface area contributed by atoms with Crippen LogP contribution in [-0.4, -0.2) is 32.3 Å². The second kappa shape index (κ2) is 8.40. The Bertz CT molecular complexity index is 884. The lowest BCUT2D eigenvalue weighted by Gasteiger charge is -2.08. The minimum Gasteiger partial charge on any atom is -0.494 e. The maximum atomic E-state index is 12.9. The molecule has 27 heavy (non-hydrogen) atoms. The summed E-state index contributed by atoms with van der Waals surface area (Å²) in [5.74, 6) is 0.614. The molecule has 140 valence electrons. The maximum absolute atomic E-state index is 12.9. The minimum atomic E-state index is -0.711. The molecule has 0 saturated carbocycles. The number of ketones is 1. The van der Waals surface area contributed by atoms with E-state index in [2.05, 4.69) is 0 Å². The van der Waals surface area contributed by atoms with Crippen molar-refractivity contribution in [1.29, 1.82) is 0 Å². The highest BCUT2D eigenvalue weighted by Crippen LogP contribution is 2.33. The summed E-state index contributed by atoms with van der Waals surface area (Å²) in [6, 6.07) is 11.9. The van der Waals surface area contributed by atoms with Crippen molar-refractivity contribution < 1.29 is 28.5 Å². The Morgan fingerprint density at radius 3 is 2.70 bits per heavy atom. The zero-order valence-corrected chi connectivity index (χ0v) is 15.2. The van der Waals surface area contributed by atoms with Gasteiger partial charge in [-0.15, -0.1) is 0 Å². The van der Waals surface area contributed by atoms with Gasteiger partial charge >= 0.3 is 5.97 Å². The summed E-state index contributed by atoms with van der Waals surface area (Å²) >= 11 is 0. The van der Waals surface area contributed by atoms with Crippen LogP contribution >= 0.6 is 0 Å². The fraction of sp³-hybridized carbons (Fsp3) is 0.238. The first kappa shape index (κ1) is 18.5. The van der Waals surface area contributed by atoms with Gasteiger partial charge in [-0.2, -0.15) is 0 Å². The van der Waals surface area contributed by atoms with Crippen molar-refractivity contribution in [3.05, 3.63) is 59.2 Å². The number of methoxy groups -OCH3 is 1. The van der Waals surface area contributed by atoms with E-state index in [4.69, 9.17) is 18.9 Å². The van der Waals surface area contributed by atoms with Crippen molar-refractivity contribution in [2.75, 3.05) is 20.5 Å². The molecule has 1 heterocycles. The predicted octanol–water partition coefficient (Wildman–Crippen LogP) is 3.64. The highest BCUT2D eigenvalue weighted by Gasteiger charge is 2.22. The van der Waals surface area contributed by atoms with Gasteiger partial charge in [-0.25, -0.2) is 4.79 Å². The molecule has 3 rings (SSSR count). The third-order valence-electron chi connectivity index (χ3n) is 3.93. The standard InChI is InChI=1S/C21H20O6/c1-3-9-25-16-6-4-5-15(12-16)20(22)17(21(23)24-2)10-14-7-8-18-19(11-14)27-13-26-18/h4-8,10-12H,3,9,13H2,1-2H3/b17-10-. The number of benzene rings is 2. The lowest BCUT2D eigenvalue weighted by molar-refractivity contribution is -0.135. The Morgan fingerprint density at radius 2 is 1.93 bits per heavy atom. The summed E-state index contributed by atoms with van der Waals surface area (Å²) in [4.78, 5) is 25.2. The van der Waals surface area contributed by atoms with Crippen LogP contribution in [0.3, 0.4) is 0 Å². The maximum Gasteiger partial charge on any atom is 0.341 e. The summed E-state index contributed by atoms with van der Waals surface area (Å²) < 4.78 is 21.0. The number of fused-ring (bicyclic) bond motifs is 1. The molecule has 6 nitrogen and oxygen atoms in total. The first-order valence-electron chi connectivity index (χ1n) is 8.59. The van der Waals surface area contributed by atoms with Crippen molar-refractivity contribution in [2.45, 2.75) is 13.3 Å². The van der Waals surface area contributed by atoms with Crippen molar-refractivity contribution >= 4 is 17.8 Å². The van der Waals surface area contributed by atoms with Crippen LogP contribution in [0.15, 0.2) is 48.0 Å². The van der Waals surface area contributed by atoms with Crippen LogP contribution in [0.4, 0.5) is 0 Å². The van der Waals surface area contributed by atoms with E-state index < -0.39 is 11.8 Å². The highest BCUT2D eigenvalue weighted by molar-refractivity contribution is 6.27. The molecule has 0 N–H and O–H groups in total. The highest BCUT2D eigenvalue weighted by atomic mass is 16.7. The fourth-order valence-corrected chi connectivity index (χ4v) is 2.60. The van der Waals surface area contributed by atoms with Gasteiger partial charge in [-0.3, -0.25) is 4.79 Å². The van der Waals surface area contributed by atoms with Crippen LogP contribution in [-0.2, 0) is 9.53 Å². The Hall–Kier alpha value is -3.28. The van der Waals surface area contributed by atoms with Gasteiger partial charge in [0.05, 0.1) is 13.7 Å². The Kier molecular flexibility index (Phi) is 5.76. The second-order valence-electron chi connectivity index (χ2n) is 5.87. The molecule has 0 bridgehead atoms.